The number of benzene rings is 1. The van der Waals surface area contributed by atoms with Crippen molar-refractivity contribution >= 4 is 17.7 Å². The van der Waals surface area contributed by atoms with Gasteiger partial charge in [-0.1, -0.05) is 29.0 Å². The number of aromatic nitrogens is 2. The topological polar surface area (TPSA) is 68.5 Å². The van der Waals surface area contributed by atoms with Crippen molar-refractivity contribution in [3.63, 3.8) is 0 Å². The zero-order valence-corrected chi connectivity index (χ0v) is 15.8. The number of morpholine rings is 1. The first-order chi connectivity index (χ1) is 11.9. The summed E-state index contributed by atoms with van der Waals surface area (Å²) in [5, 5.41) is 8.56. The minimum Gasteiger partial charge on any atom is -0.411 e. The van der Waals surface area contributed by atoms with Gasteiger partial charge in [-0.15, -0.1) is 10.2 Å². The monoisotopic (exact) mass is 361 g/mol. The quantitative estimate of drug-likeness (QED) is 0.780. The third-order valence-corrected chi connectivity index (χ3v) is 4.77. The number of rotatable bonds is 4. The summed E-state index contributed by atoms with van der Waals surface area (Å²) in [6, 6.07) is 6.12. The van der Waals surface area contributed by atoms with Crippen LogP contribution >= 0.6 is 11.8 Å². The average Bonchev–Trinajstić information content (AvgIpc) is 2.99. The van der Waals surface area contributed by atoms with E-state index in [2.05, 4.69) is 16.3 Å². The van der Waals surface area contributed by atoms with Gasteiger partial charge in [-0.05, 0) is 39.8 Å². The predicted octanol–water partition coefficient (Wildman–Crippen LogP) is 3.08. The first-order valence-electron chi connectivity index (χ1n) is 8.39. The van der Waals surface area contributed by atoms with E-state index in [1.807, 2.05) is 44.7 Å². The van der Waals surface area contributed by atoms with Gasteiger partial charge in [0.2, 0.25) is 11.8 Å². The van der Waals surface area contributed by atoms with Crippen molar-refractivity contribution in [1.82, 2.24) is 15.1 Å². The van der Waals surface area contributed by atoms with E-state index in [9.17, 15) is 4.79 Å². The summed E-state index contributed by atoms with van der Waals surface area (Å²) in [7, 11) is 0. The molecule has 0 aliphatic carbocycles. The van der Waals surface area contributed by atoms with Gasteiger partial charge in [0.25, 0.3) is 5.22 Å². The van der Waals surface area contributed by atoms with Gasteiger partial charge < -0.3 is 14.1 Å². The Morgan fingerprint density at radius 3 is 2.44 bits per heavy atom. The molecule has 1 aromatic heterocycles. The summed E-state index contributed by atoms with van der Waals surface area (Å²) in [6.07, 6.45) is 0.134. The second-order valence-corrected chi connectivity index (χ2v) is 7.52. The van der Waals surface area contributed by atoms with Gasteiger partial charge in [-0.3, -0.25) is 4.79 Å². The normalized spacial score (nSPS) is 20.7. The number of nitrogens with zero attached hydrogens (tertiary/aromatic N) is 3. The number of ether oxygens (including phenoxy) is 1. The third-order valence-electron chi connectivity index (χ3n) is 3.97. The van der Waals surface area contributed by atoms with Crippen LogP contribution in [-0.4, -0.2) is 52.1 Å². The molecular formula is C18H23N3O3S. The molecule has 2 heterocycles. The van der Waals surface area contributed by atoms with E-state index in [1.165, 1.54) is 11.8 Å². The highest BCUT2D eigenvalue weighted by Gasteiger charge is 2.26. The summed E-state index contributed by atoms with van der Waals surface area (Å²) in [5.74, 6) is 0.835. The summed E-state index contributed by atoms with van der Waals surface area (Å²) in [6.45, 7) is 9.29. The lowest BCUT2D eigenvalue weighted by atomic mass is 10.1. The van der Waals surface area contributed by atoms with Crippen LogP contribution in [0, 0.1) is 13.8 Å². The lowest BCUT2D eigenvalue weighted by molar-refractivity contribution is -0.140. The van der Waals surface area contributed by atoms with Crippen LogP contribution in [-0.2, 0) is 9.53 Å². The number of aryl methyl sites for hydroxylation is 2. The Labute approximate surface area is 151 Å². The SMILES string of the molecule is Cc1cc(C)cc(-c2nnc(SCC(=O)N3CC(C)OC(C)C3)o2)c1. The standard InChI is InChI=1S/C18H23N3O3S/c1-11-5-12(2)7-15(6-11)17-19-20-18(24-17)25-10-16(22)21-8-13(3)23-14(4)9-21/h5-7,13-14H,8-10H2,1-4H3. The van der Waals surface area contributed by atoms with Gasteiger partial charge in [0, 0.05) is 18.7 Å². The van der Waals surface area contributed by atoms with Crippen molar-refractivity contribution in [3.05, 3.63) is 29.3 Å². The molecule has 0 spiro atoms. The number of hydrogen-bond donors (Lipinski definition) is 0. The predicted molar refractivity (Wildman–Crippen MR) is 96.5 cm³/mol. The van der Waals surface area contributed by atoms with Gasteiger partial charge in [0.1, 0.15) is 0 Å². The van der Waals surface area contributed by atoms with E-state index in [0.717, 1.165) is 16.7 Å². The number of thioether (sulfide) groups is 1. The molecule has 0 saturated carbocycles. The second kappa shape index (κ2) is 7.58. The molecule has 1 fully saturated rings. The fraction of sp³-hybridized carbons (Fsp3) is 0.500. The average molecular weight is 361 g/mol. The lowest BCUT2D eigenvalue weighted by Gasteiger charge is -2.35. The Morgan fingerprint density at radius 1 is 1.16 bits per heavy atom. The Bertz CT molecular complexity index is 732. The molecule has 134 valence electrons. The molecule has 6 nitrogen and oxygen atoms in total. The number of carbonyl (C=O) groups excluding carboxylic acids is 1. The second-order valence-electron chi connectivity index (χ2n) is 6.59. The summed E-state index contributed by atoms with van der Waals surface area (Å²) in [4.78, 5) is 14.2. The molecule has 1 saturated heterocycles. The Balaban J connectivity index is 1.61. The van der Waals surface area contributed by atoms with Crippen molar-refractivity contribution in [3.8, 4) is 11.5 Å². The minimum atomic E-state index is 0.0669. The van der Waals surface area contributed by atoms with E-state index in [0.29, 0.717) is 24.2 Å². The maximum absolute atomic E-state index is 12.4. The van der Waals surface area contributed by atoms with Gasteiger partial charge >= 0.3 is 0 Å². The zero-order valence-electron chi connectivity index (χ0n) is 15.0. The third kappa shape index (κ3) is 4.61. The first kappa shape index (κ1) is 17.9. The van der Waals surface area contributed by atoms with Crippen molar-refractivity contribution in [2.24, 2.45) is 0 Å². The minimum absolute atomic E-state index is 0.0669. The van der Waals surface area contributed by atoms with Crippen LogP contribution in [0.5, 0.6) is 0 Å². The number of hydrogen-bond acceptors (Lipinski definition) is 6. The summed E-state index contributed by atoms with van der Waals surface area (Å²) >= 11 is 1.28. The zero-order chi connectivity index (χ0) is 18.0. The smallest absolute Gasteiger partial charge is 0.277 e. The Kier molecular flexibility index (Phi) is 5.44. The molecule has 0 N–H and O–H groups in total. The van der Waals surface area contributed by atoms with Crippen LogP contribution in [0.15, 0.2) is 27.8 Å². The fourth-order valence-electron chi connectivity index (χ4n) is 3.08. The summed E-state index contributed by atoms with van der Waals surface area (Å²) in [5.41, 5.74) is 3.19. The van der Waals surface area contributed by atoms with E-state index < -0.39 is 0 Å². The van der Waals surface area contributed by atoms with Crippen LogP contribution in [0.4, 0.5) is 0 Å². The highest BCUT2D eigenvalue weighted by molar-refractivity contribution is 7.99. The fourth-order valence-corrected chi connectivity index (χ4v) is 3.75. The van der Waals surface area contributed by atoms with Crippen molar-refractivity contribution < 1.29 is 13.9 Å². The molecule has 1 amide bonds. The highest BCUT2D eigenvalue weighted by atomic mass is 32.2. The molecule has 2 unspecified atom stereocenters. The van der Waals surface area contributed by atoms with Gasteiger partial charge in [0.05, 0.1) is 18.0 Å². The van der Waals surface area contributed by atoms with Crippen molar-refractivity contribution in [1.29, 1.82) is 0 Å². The molecule has 1 aromatic carbocycles. The van der Waals surface area contributed by atoms with E-state index in [4.69, 9.17) is 9.15 Å². The highest BCUT2D eigenvalue weighted by Crippen LogP contribution is 2.25. The van der Waals surface area contributed by atoms with Crippen molar-refractivity contribution in [2.75, 3.05) is 18.8 Å². The number of amides is 1. The van der Waals surface area contributed by atoms with E-state index in [1.54, 1.807) is 0 Å². The largest absolute Gasteiger partial charge is 0.411 e. The Morgan fingerprint density at radius 2 is 1.80 bits per heavy atom. The summed E-state index contributed by atoms with van der Waals surface area (Å²) < 4.78 is 11.4. The van der Waals surface area contributed by atoms with Crippen molar-refractivity contribution in [2.45, 2.75) is 45.1 Å². The van der Waals surface area contributed by atoms with Crippen LogP contribution < -0.4 is 0 Å². The van der Waals surface area contributed by atoms with Crippen LogP contribution in [0.3, 0.4) is 0 Å². The molecule has 2 aromatic rings. The van der Waals surface area contributed by atoms with Crippen LogP contribution in [0.25, 0.3) is 11.5 Å². The van der Waals surface area contributed by atoms with Gasteiger partial charge in [-0.2, -0.15) is 0 Å². The number of carbonyl (C=O) groups is 1. The lowest BCUT2D eigenvalue weighted by Crippen LogP contribution is -2.48. The molecule has 25 heavy (non-hydrogen) atoms. The molecule has 0 bridgehead atoms. The van der Waals surface area contributed by atoms with Gasteiger partial charge in [0.15, 0.2) is 0 Å². The van der Waals surface area contributed by atoms with Gasteiger partial charge in [-0.25, -0.2) is 0 Å². The van der Waals surface area contributed by atoms with Crippen LogP contribution in [0.2, 0.25) is 0 Å². The molecule has 1 aliphatic rings. The molecule has 7 heteroatoms. The maximum atomic E-state index is 12.4. The van der Waals surface area contributed by atoms with E-state index in [-0.39, 0.29) is 23.9 Å². The molecule has 0 radical (unpaired) electrons. The molecular weight excluding hydrogens is 338 g/mol. The molecule has 1 aliphatic heterocycles. The first-order valence-corrected chi connectivity index (χ1v) is 9.37. The maximum Gasteiger partial charge on any atom is 0.277 e. The molecule has 2 atom stereocenters. The van der Waals surface area contributed by atoms with Crippen LogP contribution in [0.1, 0.15) is 25.0 Å². The van der Waals surface area contributed by atoms with E-state index >= 15 is 0 Å². The molecule has 3 rings (SSSR count). The Hall–Kier alpha value is -1.86.